The summed E-state index contributed by atoms with van der Waals surface area (Å²) in [6, 6.07) is 0. The number of rotatable bonds is 9. The first-order valence-corrected chi connectivity index (χ1v) is 5.10. The molecular weight excluding hydrogens is 198 g/mol. The molecule has 0 bridgehead atoms. The smallest absolute Gasteiger partial charge is 0.219 e. The first-order valence-electron chi connectivity index (χ1n) is 5.10. The SMILES string of the molecule is CCC(=O)NCCOCC(COC)OC. The highest BCUT2D eigenvalue weighted by atomic mass is 16.5. The van der Waals surface area contributed by atoms with Gasteiger partial charge in [-0.15, -0.1) is 0 Å². The van der Waals surface area contributed by atoms with E-state index in [2.05, 4.69) is 5.32 Å². The van der Waals surface area contributed by atoms with Crippen molar-refractivity contribution in [3.63, 3.8) is 0 Å². The molecule has 1 N–H and O–H groups in total. The van der Waals surface area contributed by atoms with E-state index in [1.807, 2.05) is 6.92 Å². The predicted octanol–water partition coefficient (Wildman–Crippen LogP) is 0.191. The van der Waals surface area contributed by atoms with E-state index >= 15 is 0 Å². The molecule has 1 atom stereocenters. The maximum Gasteiger partial charge on any atom is 0.219 e. The second-order valence-electron chi connectivity index (χ2n) is 3.09. The lowest BCUT2D eigenvalue weighted by Crippen LogP contribution is -2.29. The normalized spacial score (nSPS) is 12.5. The van der Waals surface area contributed by atoms with Gasteiger partial charge in [-0.25, -0.2) is 0 Å². The largest absolute Gasteiger partial charge is 0.382 e. The molecule has 0 fully saturated rings. The van der Waals surface area contributed by atoms with E-state index in [0.717, 1.165) is 0 Å². The van der Waals surface area contributed by atoms with Crippen molar-refractivity contribution in [2.75, 3.05) is 40.6 Å². The van der Waals surface area contributed by atoms with Crippen molar-refractivity contribution in [2.24, 2.45) is 0 Å². The molecule has 0 saturated heterocycles. The van der Waals surface area contributed by atoms with Gasteiger partial charge in [-0.05, 0) is 0 Å². The summed E-state index contributed by atoms with van der Waals surface area (Å²) >= 11 is 0. The Kier molecular flexibility index (Phi) is 9.46. The van der Waals surface area contributed by atoms with Crippen molar-refractivity contribution < 1.29 is 19.0 Å². The minimum Gasteiger partial charge on any atom is -0.382 e. The molecule has 5 heteroatoms. The maximum atomic E-state index is 10.9. The number of hydrogen-bond donors (Lipinski definition) is 1. The van der Waals surface area contributed by atoms with Crippen molar-refractivity contribution in [2.45, 2.75) is 19.4 Å². The van der Waals surface area contributed by atoms with Crippen LogP contribution in [0.1, 0.15) is 13.3 Å². The van der Waals surface area contributed by atoms with Gasteiger partial charge in [0.15, 0.2) is 0 Å². The summed E-state index contributed by atoms with van der Waals surface area (Å²) in [6.45, 7) is 3.84. The zero-order valence-electron chi connectivity index (χ0n) is 9.75. The van der Waals surface area contributed by atoms with E-state index in [-0.39, 0.29) is 12.0 Å². The van der Waals surface area contributed by atoms with E-state index in [9.17, 15) is 4.79 Å². The third-order valence-corrected chi connectivity index (χ3v) is 1.88. The maximum absolute atomic E-state index is 10.9. The van der Waals surface area contributed by atoms with Crippen LogP contribution in [0.2, 0.25) is 0 Å². The third kappa shape index (κ3) is 8.35. The molecule has 0 aliphatic heterocycles. The third-order valence-electron chi connectivity index (χ3n) is 1.88. The van der Waals surface area contributed by atoms with Crippen LogP contribution in [0.15, 0.2) is 0 Å². The fourth-order valence-electron chi connectivity index (χ4n) is 0.972. The molecule has 1 unspecified atom stereocenters. The highest BCUT2D eigenvalue weighted by molar-refractivity contribution is 5.75. The molecule has 0 radical (unpaired) electrons. The van der Waals surface area contributed by atoms with Gasteiger partial charge < -0.3 is 19.5 Å². The molecule has 0 spiro atoms. The molecule has 0 aromatic heterocycles. The monoisotopic (exact) mass is 219 g/mol. The Labute approximate surface area is 91.1 Å². The van der Waals surface area contributed by atoms with Crippen LogP contribution in [-0.2, 0) is 19.0 Å². The van der Waals surface area contributed by atoms with E-state index in [4.69, 9.17) is 14.2 Å². The topological polar surface area (TPSA) is 56.8 Å². The van der Waals surface area contributed by atoms with E-state index < -0.39 is 0 Å². The molecule has 0 rings (SSSR count). The Bertz CT molecular complexity index is 164. The number of methoxy groups -OCH3 is 2. The van der Waals surface area contributed by atoms with Gasteiger partial charge in [0.05, 0.1) is 19.8 Å². The van der Waals surface area contributed by atoms with Crippen molar-refractivity contribution in [3.05, 3.63) is 0 Å². The quantitative estimate of drug-likeness (QED) is 0.562. The molecule has 0 aliphatic carbocycles. The Morgan fingerprint density at radius 3 is 2.60 bits per heavy atom. The van der Waals surface area contributed by atoms with Gasteiger partial charge in [0.1, 0.15) is 6.10 Å². The number of ether oxygens (including phenoxy) is 3. The molecule has 90 valence electrons. The lowest BCUT2D eigenvalue weighted by atomic mass is 10.4. The molecule has 0 saturated carbocycles. The van der Waals surface area contributed by atoms with Crippen LogP contribution in [-0.4, -0.2) is 52.6 Å². The van der Waals surface area contributed by atoms with E-state index in [1.54, 1.807) is 14.2 Å². The lowest BCUT2D eigenvalue weighted by Gasteiger charge is -2.14. The molecule has 0 aliphatic rings. The zero-order chi connectivity index (χ0) is 11.5. The predicted molar refractivity (Wildman–Crippen MR) is 56.8 cm³/mol. The summed E-state index contributed by atoms with van der Waals surface area (Å²) in [4.78, 5) is 10.9. The fraction of sp³-hybridized carbons (Fsp3) is 0.900. The lowest BCUT2D eigenvalue weighted by molar-refractivity contribution is -0.121. The Balaban J connectivity index is 3.32. The van der Waals surface area contributed by atoms with Gasteiger partial charge in [-0.3, -0.25) is 4.79 Å². The number of hydrogen-bond acceptors (Lipinski definition) is 4. The highest BCUT2D eigenvalue weighted by Gasteiger charge is 2.06. The van der Waals surface area contributed by atoms with Crippen LogP contribution in [0.4, 0.5) is 0 Å². The van der Waals surface area contributed by atoms with Gasteiger partial charge in [0, 0.05) is 27.2 Å². The Morgan fingerprint density at radius 2 is 2.07 bits per heavy atom. The summed E-state index contributed by atoms with van der Waals surface area (Å²) in [7, 11) is 3.24. The molecule has 15 heavy (non-hydrogen) atoms. The summed E-state index contributed by atoms with van der Waals surface area (Å²) in [5.74, 6) is 0.0405. The van der Waals surface area contributed by atoms with Crippen LogP contribution in [0.5, 0.6) is 0 Å². The number of nitrogens with one attached hydrogen (secondary N) is 1. The molecule has 1 amide bonds. The second-order valence-corrected chi connectivity index (χ2v) is 3.09. The minimum atomic E-state index is -0.0446. The van der Waals surface area contributed by atoms with Crippen LogP contribution in [0, 0.1) is 0 Å². The summed E-state index contributed by atoms with van der Waals surface area (Å²) in [6.07, 6.45) is 0.460. The van der Waals surface area contributed by atoms with Crippen molar-refractivity contribution in [1.82, 2.24) is 5.32 Å². The molecule has 5 nitrogen and oxygen atoms in total. The van der Waals surface area contributed by atoms with Crippen molar-refractivity contribution >= 4 is 5.91 Å². The average molecular weight is 219 g/mol. The summed E-state index contributed by atoms with van der Waals surface area (Å²) in [5.41, 5.74) is 0. The summed E-state index contributed by atoms with van der Waals surface area (Å²) < 4.78 is 15.3. The van der Waals surface area contributed by atoms with Gasteiger partial charge in [-0.2, -0.15) is 0 Å². The van der Waals surface area contributed by atoms with Crippen LogP contribution >= 0.6 is 0 Å². The standard InChI is InChI=1S/C10H21NO4/c1-4-10(12)11-5-6-15-8-9(14-3)7-13-2/h9H,4-8H2,1-3H3,(H,11,12). The highest BCUT2D eigenvalue weighted by Crippen LogP contribution is 1.91. The first-order chi connectivity index (χ1) is 7.24. The Hall–Kier alpha value is -0.650. The van der Waals surface area contributed by atoms with Crippen molar-refractivity contribution in [3.8, 4) is 0 Å². The van der Waals surface area contributed by atoms with Crippen LogP contribution in [0.3, 0.4) is 0 Å². The van der Waals surface area contributed by atoms with E-state index in [0.29, 0.717) is 32.8 Å². The number of carbonyl (C=O) groups excluding carboxylic acids is 1. The first kappa shape index (κ1) is 14.3. The van der Waals surface area contributed by atoms with Crippen molar-refractivity contribution in [1.29, 1.82) is 0 Å². The second kappa shape index (κ2) is 9.89. The van der Waals surface area contributed by atoms with Crippen LogP contribution < -0.4 is 5.32 Å². The van der Waals surface area contributed by atoms with Gasteiger partial charge in [0.2, 0.25) is 5.91 Å². The van der Waals surface area contributed by atoms with E-state index in [1.165, 1.54) is 0 Å². The number of amides is 1. The summed E-state index contributed by atoms with van der Waals surface area (Å²) in [5, 5.41) is 2.72. The molecule has 0 heterocycles. The zero-order valence-corrected chi connectivity index (χ0v) is 9.75. The number of carbonyl (C=O) groups is 1. The van der Waals surface area contributed by atoms with Gasteiger partial charge >= 0.3 is 0 Å². The van der Waals surface area contributed by atoms with Crippen LogP contribution in [0.25, 0.3) is 0 Å². The van der Waals surface area contributed by atoms with Gasteiger partial charge in [-0.1, -0.05) is 6.92 Å². The fourth-order valence-corrected chi connectivity index (χ4v) is 0.972. The Morgan fingerprint density at radius 1 is 1.33 bits per heavy atom. The minimum absolute atomic E-state index is 0.0405. The molecule has 0 aromatic carbocycles. The average Bonchev–Trinajstić information content (AvgIpc) is 2.26. The molecular formula is C10H21NO4. The molecule has 0 aromatic rings. The van der Waals surface area contributed by atoms with Gasteiger partial charge in [0.25, 0.3) is 0 Å².